The van der Waals surface area contributed by atoms with Crippen molar-refractivity contribution in [2.75, 3.05) is 13.2 Å². The summed E-state index contributed by atoms with van der Waals surface area (Å²) in [5.41, 5.74) is 0. The van der Waals surface area contributed by atoms with Gasteiger partial charge in [-0.1, -0.05) is 11.6 Å². The zero-order valence-corrected chi connectivity index (χ0v) is 8.66. The number of carbonyl (C=O) groups excluding carboxylic acids is 1. The normalized spacial score (nSPS) is 19.5. The quantitative estimate of drug-likeness (QED) is 0.857. The number of hydrogen-bond acceptors (Lipinski definition) is 3. The van der Waals surface area contributed by atoms with Crippen molar-refractivity contribution < 1.29 is 14.3 Å². The molecule has 1 aromatic carbocycles. The molecule has 1 unspecified atom stereocenters. The Balaban J connectivity index is 1.83. The maximum absolute atomic E-state index is 10.7. The van der Waals surface area contributed by atoms with Gasteiger partial charge in [0.25, 0.3) is 0 Å². The Morgan fingerprint density at radius 1 is 1.47 bits per heavy atom. The molecule has 1 amide bonds. The van der Waals surface area contributed by atoms with E-state index in [9.17, 15) is 4.79 Å². The summed E-state index contributed by atoms with van der Waals surface area (Å²) in [7, 11) is 0. The third-order valence-corrected chi connectivity index (χ3v) is 2.25. The predicted octanol–water partition coefficient (Wildman–Crippen LogP) is 1.83. The summed E-state index contributed by atoms with van der Waals surface area (Å²) in [6.45, 7) is 0.840. The average Bonchev–Trinajstić information content (AvgIpc) is 2.64. The Bertz CT molecular complexity index is 352. The van der Waals surface area contributed by atoms with E-state index in [0.29, 0.717) is 23.9 Å². The number of amides is 1. The number of rotatable bonds is 3. The molecule has 4 nitrogen and oxygen atoms in total. The van der Waals surface area contributed by atoms with Crippen LogP contribution in [0.1, 0.15) is 0 Å². The molecule has 15 heavy (non-hydrogen) atoms. The highest BCUT2D eigenvalue weighted by atomic mass is 35.5. The lowest BCUT2D eigenvalue weighted by Gasteiger charge is -2.09. The third kappa shape index (κ3) is 2.76. The largest absolute Gasteiger partial charge is 0.490 e. The van der Waals surface area contributed by atoms with E-state index in [2.05, 4.69) is 5.32 Å². The van der Waals surface area contributed by atoms with Crippen molar-refractivity contribution in [2.45, 2.75) is 6.10 Å². The lowest BCUT2D eigenvalue weighted by molar-refractivity contribution is 0.105. The molecule has 1 saturated heterocycles. The number of ether oxygens (including phenoxy) is 2. The molecule has 5 heteroatoms. The number of carbonyl (C=O) groups is 1. The maximum Gasteiger partial charge on any atom is 0.407 e. The van der Waals surface area contributed by atoms with Crippen LogP contribution in [-0.2, 0) is 4.74 Å². The van der Waals surface area contributed by atoms with Gasteiger partial charge in [0.05, 0.1) is 6.54 Å². The standard InChI is InChI=1S/C10H10ClNO3/c11-7-1-3-8(4-2-7)14-6-9-5-12-10(13)15-9/h1-4,9H,5-6H2,(H,12,13). The molecule has 1 heterocycles. The summed E-state index contributed by atoms with van der Waals surface area (Å²) in [5.74, 6) is 0.711. The van der Waals surface area contributed by atoms with Crippen molar-refractivity contribution in [1.82, 2.24) is 5.32 Å². The molecule has 1 aromatic rings. The fourth-order valence-corrected chi connectivity index (χ4v) is 1.37. The van der Waals surface area contributed by atoms with Crippen LogP contribution in [0.3, 0.4) is 0 Å². The summed E-state index contributed by atoms with van der Waals surface area (Å²) >= 11 is 5.72. The first kappa shape index (κ1) is 10.1. The number of cyclic esters (lactones) is 1. The van der Waals surface area contributed by atoms with E-state index in [1.807, 2.05) is 0 Å². The van der Waals surface area contributed by atoms with Crippen molar-refractivity contribution in [3.63, 3.8) is 0 Å². The van der Waals surface area contributed by atoms with E-state index in [-0.39, 0.29) is 12.2 Å². The SMILES string of the molecule is O=C1NCC(COc2ccc(Cl)cc2)O1. The summed E-state index contributed by atoms with van der Waals surface area (Å²) in [6, 6.07) is 7.03. The Kier molecular flexibility index (Phi) is 2.97. The Morgan fingerprint density at radius 3 is 2.80 bits per heavy atom. The molecule has 1 fully saturated rings. The smallest absolute Gasteiger partial charge is 0.407 e. The fraction of sp³-hybridized carbons (Fsp3) is 0.300. The summed E-state index contributed by atoms with van der Waals surface area (Å²) in [5, 5.41) is 3.22. The van der Waals surface area contributed by atoms with Crippen molar-refractivity contribution in [3.8, 4) is 5.75 Å². The lowest BCUT2D eigenvalue weighted by Crippen LogP contribution is -2.21. The molecule has 0 aromatic heterocycles. The van der Waals surface area contributed by atoms with Gasteiger partial charge in [0.1, 0.15) is 12.4 Å². The van der Waals surface area contributed by atoms with E-state index in [4.69, 9.17) is 21.1 Å². The molecule has 0 aliphatic carbocycles. The van der Waals surface area contributed by atoms with Crippen LogP contribution in [0.5, 0.6) is 5.75 Å². The minimum Gasteiger partial charge on any atom is -0.490 e. The van der Waals surface area contributed by atoms with Gasteiger partial charge < -0.3 is 14.8 Å². The summed E-state index contributed by atoms with van der Waals surface area (Å²) < 4.78 is 10.3. The summed E-state index contributed by atoms with van der Waals surface area (Å²) in [4.78, 5) is 10.7. The van der Waals surface area contributed by atoms with Crippen LogP contribution in [0.2, 0.25) is 5.02 Å². The van der Waals surface area contributed by atoms with Gasteiger partial charge in [0.2, 0.25) is 0 Å². The Labute approximate surface area is 92.1 Å². The van der Waals surface area contributed by atoms with Gasteiger partial charge >= 0.3 is 6.09 Å². The molecule has 0 bridgehead atoms. The van der Waals surface area contributed by atoms with Gasteiger partial charge in [-0.05, 0) is 24.3 Å². The van der Waals surface area contributed by atoms with Gasteiger partial charge in [0, 0.05) is 5.02 Å². The summed E-state index contributed by atoms with van der Waals surface area (Å²) in [6.07, 6.45) is -0.604. The molecule has 0 spiro atoms. The van der Waals surface area contributed by atoms with Crippen LogP contribution in [0, 0.1) is 0 Å². The minimum atomic E-state index is -0.389. The first-order valence-electron chi connectivity index (χ1n) is 4.57. The topological polar surface area (TPSA) is 47.6 Å². The second kappa shape index (κ2) is 4.40. The second-order valence-corrected chi connectivity index (χ2v) is 3.61. The highest BCUT2D eigenvalue weighted by Crippen LogP contribution is 2.16. The molecule has 0 saturated carbocycles. The van der Waals surface area contributed by atoms with Gasteiger partial charge in [-0.25, -0.2) is 4.79 Å². The highest BCUT2D eigenvalue weighted by Gasteiger charge is 2.22. The zero-order chi connectivity index (χ0) is 10.7. The minimum absolute atomic E-state index is 0.215. The Morgan fingerprint density at radius 2 is 2.20 bits per heavy atom. The monoisotopic (exact) mass is 227 g/mol. The lowest BCUT2D eigenvalue weighted by atomic mass is 10.3. The number of hydrogen-bond donors (Lipinski definition) is 1. The number of benzene rings is 1. The fourth-order valence-electron chi connectivity index (χ4n) is 1.24. The first-order valence-corrected chi connectivity index (χ1v) is 4.95. The van der Waals surface area contributed by atoms with Crippen LogP contribution < -0.4 is 10.1 Å². The van der Waals surface area contributed by atoms with E-state index in [0.717, 1.165) is 0 Å². The van der Waals surface area contributed by atoms with Crippen molar-refractivity contribution in [1.29, 1.82) is 0 Å². The zero-order valence-electron chi connectivity index (χ0n) is 7.90. The van der Waals surface area contributed by atoms with Gasteiger partial charge in [0.15, 0.2) is 6.10 Å². The van der Waals surface area contributed by atoms with Gasteiger partial charge in [-0.2, -0.15) is 0 Å². The van der Waals surface area contributed by atoms with Crippen LogP contribution in [0.4, 0.5) is 4.79 Å². The van der Waals surface area contributed by atoms with Gasteiger partial charge in [-0.3, -0.25) is 0 Å². The van der Waals surface area contributed by atoms with E-state index in [1.165, 1.54) is 0 Å². The number of alkyl carbamates (subject to hydrolysis) is 1. The molecule has 1 N–H and O–H groups in total. The molecule has 80 valence electrons. The van der Waals surface area contributed by atoms with Crippen molar-refractivity contribution in [2.24, 2.45) is 0 Å². The van der Waals surface area contributed by atoms with E-state index >= 15 is 0 Å². The average molecular weight is 228 g/mol. The molecule has 1 aliphatic rings. The van der Waals surface area contributed by atoms with Crippen molar-refractivity contribution in [3.05, 3.63) is 29.3 Å². The van der Waals surface area contributed by atoms with Crippen LogP contribution in [0.15, 0.2) is 24.3 Å². The molecule has 2 rings (SSSR count). The number of halogens is 1. The molecule has 0 radical (unpaired) electrons. The third-order valence-electron chi connectivity index (χ3n) is 2.00. The second-order valence-electron chi connectivity index (χ2n) is 3.17. The predicted molar refractivity (Wildman–Crippen MR) is 55.2 cm³/mol. The maximum atomic E-state index is 10.7. The van der Waals surface area contributed by atoms with Gasteiger partial charge in [-0.15, -0.1) is 0 Å². The van der Waals surface area contributed by atoms with E-state index in [1.54, 1.807) is 24.3 Å². The van der Waals surface area contributed by atoms with Crippen molar-refractivity contribution >= 4 is 17.7 Å². The molecular formula is C10H10ClNO3. The van der Waals surface area contributed by atoms with E-state index < -0.39 is 0 Å². The first-order chi connectivity index (χ1) is 7.24. The van der Waals surface area contributed by atoms with Crippen LogP contribution in [0.25, 0.3) is 0 Å². The van der Waals surface area contributed by atoms with Crippen LogP contribution >= 0.6 is 11.6 Å². The Hall–Kier alpha value is -1.42. The number of nitrogens with one attached hydrogen (secondary N) is 1. The van der Waals surface area contributed by atoms with Crippen LogP contribution in [-0.4, -0.2) is 25.3 Å². The molecule has 1 aliphatic heterocycles. The highest BCUT2D eigenvalue weighted by molar-refractivity contribution is 6.30. The molecular weight excluding hydrogens is 218 g/mol. The molecule has 1 atom stereocenters.